The standard InChI is InChI=1S/C17H26O3/c1-4-6-12-17(5-2,15(18)19)13-16(3,20)14-10-8-7-9-11-14/h7-11,20H,4-6,12-13H2,1-3H3,(H,18,19). The summed E-state index contributed by atoms with van der Waals surface area (Å²) < 4.78 is 0. The second-order valence-electron chi connectivity index (χ2n) is 5.86. The van der Waals surface area contributed by atoms with E-state index in [4.69, 9.17) is 0 Å². The van der Waals surface area contributed by atoms with Gasteiger partial charge in [0, 0.05) is 0 Å². The van der Waals surface area contributed by atoms with Gasteiger partial charge < -0.3 is 10.2 Å². The van der Waals surface area contributed by atoms with Gasteiger partial charge in [0.05, 0.1) is 11.0 Å². The number of carboxylic acid groups (broad SMARTS) is 1. The third-order valence-corrected chi connectivity index (χ3v) is 4.22. The van der Waals surface area contributed by atoms with Gasteiger partial charge in [-0.25, -0.2) is 0 Å². The first-order valence-electron chi connectivity index (χ1n) is 7.39. The summed E-state index contributed by atoms with van der Waals surface area (Å²) in [5.74, 6) is -0.801. The number of unbranched alkanes of at least 4 members (excludes halogenated alkanes) is 1. The van der Waals surface area contributed by atoms with Crippen LogP contribution >= 0.6 is 0 Å². The summed E-state index contributed by atoms with van der Waals surface area (Å²) in [5.41, 5.74) is -1.20. The van der Waals surface area contributed by atoms with Gasteiger partial charge in [0.2, 0.25) is 0 Å². The Morgan fingerprint density at radius 3 is 2.25 bits per heavy atom. The summed E-state index contributed by atoms with van der Waals surface area (Å²) in [6, 6.07) is 9.32. The third-order valence-electron chi connectivity index (χ3n) is 4.22. The highest BCUT2D eigenvalue weighted by molar-refractivity contribution is 5.74. The molecule has 3 nitrogen and oxygen atoms in total. The highest BCUT2D eigenvalue weighted by Gasteiger charge is 2.42. The molecule has 2 atom stereocenters. The molecule has 1 aromatic carbocycles. The van der Waals surface area contributed by atoms with Crippen LogP contribution in [0.1, 0.15) is 58.4 Å². The van der Waals surface area contributed by atoms with Gasteiger partial charge in [-0.2, -0.15) is 0 Å². The Balaban J connectivity index is 3.02. The molecule has 0 aromatic heterocycles. The average molecular weight is 278 g/mol. The SMILES string of the molecule is CCCCC(CC)(CC(C)(O)c1ccccc1)C(=O)O. The van der Waals surface area contributed by atoms with E-state index in [1.807, 2.05) is 37.3 Å². The molecule has 2 unspecified atom stereocenters. The van der Waals surface area contributed by atoms with Crippen molar-refractivity contribution in [2.24, 2.45) is 5.41 Å². The molecule has 0 saturated heterocycles. The Morgan fingerprint density at radius 2 is 1.80 bits per heavy atom. The lowest BCUT2D eigenvalue weighted by molar-refractivity contribution is -0.154. The van der Waals surface area contributed by atoms with E-state index in [0.29, 0.717) is 12.8 Å². The molecule has 0 amide bonds. The van der Waals surface area contributed by atoms with Crippen LogP contribution in [0.5, 0.6) is 0 Å². The molecule has 3 heteroatoms. The number of hydrogen-bond acceptors (Lipinski definition) is 2. The van der Waals surface area contributed by atoms with Gasteiger partial charge in [0.15, 0.2) is 0 Å². The van der Waals surface area contributed by atoms with Gasteiger partial charge in [0.1, 0.15) is 0 Å². The summed E-state index contributed by atoms with van der Waals surface area (Å²) in [6.07, 6.45) is 3.22. The minimum Gasteiger partial charge on any atom is -0.481 e. The fourth-order valence-electron chi connectivity index (χ4n) is 2.80. The van der Waals surface area contributed by atoms with E-state index in [1.54, 1.807) is 6.92 Å². The van der Waals surface area contributed by atoms with Crippen molar-refractivity contribution in [2.45, 2.75) is 58.5 Å². The molecule has 0 aliphatic rings. The van der Waals surface area contributed by atoms with Crippen LogP contribution in [0.3, 0.4) is 0 Å². The zero-order valence-corrected chi connectivity index (χ0v) is 12.7. The fraction of sp³-hybridized carbons (Fsp3) is 0.588. The molecule has 0 fully saturated rings. The number of aliphatic hydroxyl groups is 1. The molecule has 20 heavy (non-hydrogen) atoms. The zero-order valence-electron chi connectivity index (χ0n) is 12.7. The van der Waals surface area contributed by atoms with Crippen molar-refractivity contribution in [3.05, 3.63) is 35.9 Å². The molecule has 0 aliphatic heterocycles. The van der Waals surface area contributed by atoms with Crippen molar-refractivity contribution in [3.63, 3.8) is 0 Å². The lowest BCUT2D eigenvalue weighted by Crippen LogP contribution is -2.38. The zero-order chi connectivity index (χ0) is 15.2. The first kappa shape index (κ1) is 16.7. The van der Waals surface area contributed by atoms with Crippen molar-refractivity contribution in [1.82, 2.24) is 0 Å². The highest BCUT2D eigenvalue weighted by Crippen LogP contribution is 2.41. The van der Waals surface area contributed by atoms with E-state index in [2.05, 4.69) is 6.92 Å². The van der Waals surface area contributed by atoms with Crippen LogP contribution in [-0.4, -0.2) is 16.2 Å². The van der Waals surface area contributed by atoms with E-state index in [0.717, 1.165) is 18.4 Å². The second kappa shape index (κ2) is 6.89. The molecule has 112 valence electrons. The summed E-state index contributed by atoms with van der Waals surface area (Å²) >= 11 is 0. The largest absolute Gasteiger partial charge is 0.481 e. The number of hydrogen-bond donors (Lipinski definition) is 2. The van der Waals surface area contributed by atoms with Crippen LogP contribution in [0, 0.1) is 5.41 Å². The molecule has 0 spiro atoms. The van der Waals surface area contributed by atoms with Crippen molar-refractivity contribution in [3.8, 4) is 0 Å². The van der Waals surface area contributed by atoms with E-state index >= 15 is 0 Å². The molecule has 2 N–H and O–H groups in total. The van der Waals surface area contributed by atoms with Crippen LogP contribution in [0.2, 0.25) is 0 Å². The van der Waals surface area contributed by atoms with E-state index in [9.17, 15) is 15.0 Å². The number of rotatable bonds is 8. The fourth-order valence-corrected chi connectivity index (χ4v) is 2.80. The van der Waals surface area contributed by atoms with Gasteiger partial charge in [0.25, 0.3) is 0 Å². The van der Waals surface area contributed by atoms with Gasteiger partial charge >= 0.3 is 5.97 Å². The molecule has 0 radical (unpaired) electrons. The Bertz CT molecular complexity index is 425. The Kier molecular flexibility index (Phi) is 5.75. The van der Waals surface area contributed by atoms with Crippen LogP contribution in [-0.2, 0) is 10.4 Å². The third kappa shape index (κ3) is 3.83. The molecule has 0 heterocycles. The first-order valence-corrected chi connectivity index (χ1v) is 7.39. The second-order valence-corrected chi connectivity index (χ2v) is 5.86. The van der Waals surface area contributed by atoms with Crippen molar-refractivity contribution in [1.29, 1.82) is 0 Å². The van der Waals surface area contributed by atoms with Crippen molar-refractivity contribution in [2.75, 3.05) is 0 Å². The molecule has 0 saturated carbocycles. The van der Waals surface area contributed by atoms with E-state index in [-0.39, 0.29) is 6.42 Å². The van der Waals surface area contributed by atoms with Crippen molar-refractivity contribution < 1.29 is 15.0 Å². The number of benzene rings is 1. The minimum absolute atomic E-state index is 0.246. The molecular formula is C17H26O3. The van der Waals surface area contributed by atoms with Gasteiger partial charge in [-0.1, -0.05) is 57.0 Å². The average Bonchev–Trinajstić information content (AvgIpc) is 2.44. The number of aliphatic carboxylic acids is 1. The monoisotopic (exact) mass is 278 g/mol. The molecule has 1 aromatic rings. The lowest BCUT2D eigenvalue weighted by atomic mass is 9.71. The van der Waals surface area contributed by atoms with Gasteiger partial charge in [-0.3, -0.25) is 4.79 Å². The predicted molar refractivity (Wildman–Crippen MR) is 80.5 cm³/mol. The molecule has 1 rings (SSSR count). The Hall–Kier alpha value is -1.35. The van der Waals surface area contributed by atoms with E-state index < -0.39 is 17.0 Å². The van der Waals surface area contributed by atoms with Crippen LogP contribution in [0.25, 0.3) is 0 Å². The summed E-state index contributed by atoms with van der Waals surface area (Å²) in [4.78, 5) is 11.8. The first-order chi connectivity index (χ1) is 9.38. The quantitative estimate of drug-likeness (QED) is 0.757. The molecule has 0 aliphatic carbocycles. The topological polar surface area (TPSA) is 57.5 Å². The lowest BCUT2D eigenvalue weighted by Gasteiger charge is -2.36. The minimum atomic E-state index is -1.12. The van der Waals surface area contributed by atoms with Gasteiger partial charge in [-0.15, -0.1) is 0 Å². The maximum absolute atomic E-state index is 11.8. The highest BCUT2D eigenvalue weighted by atomic mass is 16.4. The Morgan fingerprint density at radius 1 is 1.20 bits per heavy atom. The molecular weight excluding hydrogens is 252 g/mol. The van der Waals surface area contributed by atoms with Crippen LogP contribution < -0.4 is 0 Å². The van der Waals surface area contributed by atoms with Crippen molar-refractivity contribution >= 4 is 5.97 Å². The maximum atomic E-state index is 11.8. The summed E-state index contributed by atoms with van der Waals surface area (Å²) in [5, 5.41) is 20.4. The number of carbonyl (C=O) groups is 1. The van der Waals surface area contributed by atoms with Crippen LogP contribution in [0.15, 0.2) is 30.3 Å². The van der Waals surface area contributed by atoms with Crippen LogP contribution in [0.4, 0.5) is 0 Å². The van der Waals surface area contributed by atoms with Gasteiger partial charge in [-0.05, 0) is 31.7 Å². The number of carboxylic acids is 1. The predicted octanol–water partition coefficient (Wildman–Crippen LogP) is 3.96. The molecule has 0 bridgehead atoms. The summed E-state index contributed by atoms with van der Waals surface area (Å²) in [6.45, 7) is 5.66. The van der Waals surface area contributed by atoms with E-state index in [1.165, 1.54) is 0 Å². The Labute approximate surface area is 121 Å². The summed E-state index contributed by atoms with van der Waals surface area (Å²) in [7, 11) is 0. The normalized spacial score (nSPS) is 17.2. The maximum Gasteiger partial charge on any atom is 0.309 e. The smallest absolute Gasteiger partial charge is 0.309 e.